The number of anilines is 1. The van der Waals surface area contributed by atoms with Gasteiger partial charge in [-0.05, 0) is 44.9 Å². The number of amides is 1. The van der Waals surface area contributed by atoms with Gasteiger partial charge in [-0.3, -0.25) is 9.69 Å². The molecule has 0 spiro atoms. The number of aromatic nitrogens is 1. The number of thiazole rings is 1. The van der Waals surface area contributed by atoms with E-state index in [4.69, 9.17) is 9.15 Å². The number of carbonyl (C=O) groups excluding carboxylic acids is 1. The molecule has 1 unspecified atom stereocenters. The van der Waals surface area contributed by atoms with Crippen LogP contribution < -0.4 is 4.90 Å². The van der Waals surface area contributed by atoms with Gasteiger partial charge < -0.3 is 9.15 Å². The SMILES string of the molecule is Cc1cc(C(=O)N(CC2CCCO2)c2nc3c(F)cccc3s2)c(C)o1. The Labute approximate surface area is 154 Å². The second-order valence-electron chi connectivity index (χ2n) is 6.46. The number of carbonyl (C=O) groups is 1. The fourth-order valence-corrected chi connectivity index (χ4v) is 4.23. The summed E-state index contributed by atoms with van der Waals surface area (Å²) in [6.07, 6.45) is 1.83. The van der Waals surface area contributed by atoms with E-state index in [0.717, 1.165) is 12.8 Å². The minimum absolute atomic E-state index is 0.0379. The molecular weight excluding hydrogens is 355 g/mol. The maximum Gasteiger partial charge on any atom is 0.263 e. The summed E-state index contributed by atoms with van der Waals surface area (Å²) >= 11 is 1.31. The summed E-state index contributed by atoms with van der Waals surface area (Å²) in [6, 6.07) is 6.56. The summed E-state index contributed by atoms with van der Waals surface area (Å²) in [4.78, 5) is 19.2. The molecule has 1 aliphatic heterocycles. The average Bonchev–Trinajstić information content (AvgIpc) is 3.32. The van der Waals surface area contributed by atoms with Gasteiger partial charge in [0.05, 0.1) is 22.9 Å². The standard InChI is InChI=1S/C19H19FN2O3S/c1-11-9-14(12(2)25-11)18(23)22(10-13-5-4-8-24-13)19-21-17-15(20)6-3-7-16(17)26-19/h3,6-7,9,13H,4-5,8,10H2,1-2H3. The number of rotatable bonds is 4. The number of furan rings is 1. The third-order valence-corrected chi connectivity index (χ3v) is 5.56. The molecule has 3 heterocycles. The molecule has 1 atom stereocenters. The van der Waals surface area contributed by atoms with Crippen LogP contribution in [0.25, 0.3) is 10.2 Å². The molecule has 1 amide bonds. The molecular formula is C19H19FN2O3S. The number of aryl methyl sites for hydroxylation is 2. The fraction of sp³-hybridized carbons (Fsp3) is 0.368. The number of nitrogens with zero attached hydrogens (tertiary/aromatic N) is 2. The molecule has 5 nitrogen and oxygen atoms in total. The summed E-state index contributed by atoms with van der Waals surface area (Å²) in [5.41, 5.74) is 0.790. The van der Waals surface area contributed by atoms with Gasteiger partial charge in [0.1, 0.15) is 22.9 Å². The van der Waals surface area contributed by atoms with Crippen LogP contribution >= 0.6 is 11.3 Å². The smallest absolute Gasteiger partial charge is 0.263 e. The van der Waals surface area contributed by atoms with E-state index in [9.17, 15) is 9.18 Å². The zero-order valence-electron chi connectivity index (χ0n) is 14.6. The van der Waals surface area contributed by atoms with Crippen LogP contribution in [-0.2, 0) is 4.74 Å². The lowest BCUT2D eigenvalue weighted by molar-refractivity contribution is 0.0916. The van der Waals surface area contributed by atoms with Gasteiger partial charge in [-0.2, -0.15) is 0 Å². The maximum atomic E-state index is 14.1. The number of ether oxygens (including phenoxy) is 1. The Morgan fingerprint density at radius 3 is 2.92 bits per heavy atom. The van der Waals surface area contributed by atoms with Gasteiger partial charge in [-0.25, -0.2) is 9.37 Å². The number of hydrogen-bond donors (Lipinski definition) is 0. The Bertz CT molecular complexity index is 959. The monoisotopic (exact) mass is 374 g/mol. The topological polar surface area (TPSA) is 55.6 Å². The molecule has 0 bridgehead atoms. The van der Waals surface area contributed by atoms with Gasteiger partial charge in [0.2, 0.25) is 0 Å². The van der Waals surface area contributed by atoms with E-state index in [-0.39, 0.29) is 23.3 Å². The van der Waals surface area contributed by atoms with Gasteiger partial charge in [0.25, 0.3) is 5.91 Å². The number of para-hydroxylation sites is 1. The third kappa shape index (κ3) is 3.12. The van der Waals surface area contributed by atoms with Gasteiger partial charge in [-0.1, -0.05) is 17.4 Å². The number of hydrogen-bond acceptors (Lipinski definition) is 5. The molecule has 1 fully saturated rings. The van der Waals surface area contributed by atoms with E-state index >= 15 is 0 Å². The fourth-order valence-electron chi connectivity index (χ4n) is 3.25. The number of halogens is 1. The van der Waals surface area contributed by atoms with Gasteiger partial charge in [-0.15, -0.1) is 0 Å². The first-order valence-corrected chi connectivity index (χ1v) is 9.40. The van der Waals surface area contributed by atoms with Gasteiger partial charge in [0.15, 0.2) is 5.13 Å². The lowest BCUT2D eigenvalue weighted by atomic mass is 10.2. The highest BCUT2D eigenvalue weighted by Gasteiger charge is 2.29. The molecule has 7 heteroatoms. The molecule has 1 aromatic carbocycles. The molecule has 0 N–H and O–H groups in total. The summed E-state index contributed by atoms with van der Waals surface area (Å²) in [7, 11) is 0. The Kier molecular flexibility index (Phi) is 4.50. The van der Waals surface area contributed by atoms with E-state index in [1.165, 1.54) is 17.4 Å². The maximum absolute atomic E-state index is 14.1. The average molecular weight is 374 g/mol. The van der Waals surface area contributed by atoms with Crippen LogP contribution in [0, 0.1) is 19.7 Å². The Morgan fingerprint density at radius 1 is 1.42 bits per heavy atom. The molecule has 0 saturated carbocycles. The first-order valence-electron chi connectivity index (χ1n) is 8.58. The molecule has 0 aliphatic carbocycles. The summed E-state index contributed by atoms with van der Waals surface area (Å²) < 4.78 is 26.0. The highest BCUT2D eigenvalue weighted by Crippen LogP contribution is 2.32. The van der Waals surface area contributed by atoms with Crippen LogP contribution in [0.1, 0.15) is 34.7 Å². The summed E-state index contributed by atoms with van der Waals surface area (Å²) in [5, 5.41) is 0.476. The van der Waals surface area contributed by atoms with Crippen LogP contribution in [0.15, 0.2) is 28.7 Å². The Hall–Kier alpha value is -2.25. The van der Waals surface area contributed by atoms with Crippen molar-refractivity contribution in [3.63, 3.8) is 0 Å². The van der Waals surface area contributed by atoms with Crippen molar-refractivity contribution in [2.75, 3.05) is 18.1 Å². The molecule has 3 aromatic rings. The van der Waals surface area contributed by atoms with Crippen molar-refractivity contribution in [2.24, 2.45) is 0 Å². The second kappa shape index (κ2) is 6.81. The molecule has 136 valence electrons. The van der Waals surface area contributed by atoms with Crippen LogP contribution in [0.2, 0.25) is 0 Å². The van der Waals surface area contributed by atoms with Crippen molar-refractivity contribution in [2.45, 2.75) is 32.8 Å². The largest absolute Gasteiger partial charge is 0.466 e. The molecule has 1 saturated heterocycles. The van der Waals surface area contributed by atoms with Crippen LogP contribution in [0.4, 0.5) is 9.52 Å². The van der Waals surface area contributed by atoms with Crippen molar-refractivity contribution in [1.82, 2.24) is 4.98 Å². The minimum atomic E-state index is -0.384. The van der Waals surface area contributed by atoms with Crippen molar-refractivity contribution in [1.29, 1.82) is 0 Å². The highest BCUT2D eigenvalue weighted by atomic mass is 32.1. The van der Waals surface area contributed by atoms with E-state index < -0.39 is 0 Å². The van der Waals surface area contributed by atoms with E-state index in [0.29, 0.717) is 40.1 Å². The summed E-state index contributed by atoms with van der Waals surface area (Å²) in [6.45, 7) is 4.67. The summed E-state index contributed by atoms with van der Waals surface area (Å²) in [5.74, 6) is 0.662. The lowest BCUT2D eigenvalue weighted by Gasteiger charge is -2.22. The van der Waals surface area contributed by atoms with Crippen molar-refractivity contribution in [3.8, 4) is 0 Å². The number of benzene rings is 1. The van der Waals surface area contributed by atoms with Crippen molar-refractivity contribution >= 4 is 32.6 Å². The molecule has 26 heavy (non-hydrogen) atoms. The van der Waals surface area contributed by atoms with Crippen LogP contribution in [0.3, 0.4) is 0 Å². The first kappa shape index (κ1) is 17.2. The minimum Gasteiger partial charge on any atom is -0.466 e. The predicted octanol–water partition coefficient (Wildman–Crippen LogP) is 4.47. The second-order valence-corrected chi connectivity index (χ2v) is 7.47. The van der Waals surface area contributed by atoms with Gasteiger partial charge in [0, 0.05) is 6.61 Å². The van der Waals surface area contributed by atoms with Crippen LogP contribution in [-0.4, -0.2) is 30.1 Å². The lowest BCUT2D eigenvalue weighted by Crippen LogP contribution is -2.37. The van der Waals surface area contributed by atoms with E-state index in [1.807, 2.05) is 6.07 Å². The highest BCUT2D eigenvalue weighted by molar-refractivity contribution is 7.22. The zero-order chi connectivity index (χ0) is 18.3. The van der Waals surface area contributed by atoms with Crippen LogP contribution in [0.5, 0.6) is 0 Å². The molecule has 2 aromatic heterocycles. The quantitative estimate of drug-likeness (QED) is 0.676. The number of fused-ring (bicyclic) bond motifs is 1. The first-order chi connectivity index (χ1) is 12.5. The van der Waals surface area contributed by atoms with E-state index in [1.54, 1.807) is 30.9 Å². The Balaban J connectivity index is 1.75. The van der Waals surface area contributed by atoms with Crippen molar-refractivity contribution in [3.05, 3.63) is 47.2 Å². The predicted molar refractivity (Wildman–Crippen MR) is 98.4 cm³/mol. The Morgan fingerprint density at radius 2 is 2.27 bits per heavy atom. The van der Waals surface area contributed by atoms with E-state index in [2.05, 4.69) is 4.98 Å². The molecule has 1 aliphatic rings. The zero-order valence-corrected chi connectivity index (χ0v) is 15.4. The third-order valence-electron chi connectivity index (χ3n) is 4.52. The molecule has 0 radical (unpaired) electrons. The van der Waals surface area contributed by atoms with Crippen molar-refractivity contribution < 1.29 is 18.3 Å². The molecule has 4 rings (SSSR count). The van der Waals surface area contributed by atoms with Gasteiger partial charge >= 0.3 is 0 Å². The normalized spacial score (nSPS) is 17.1.